The predicted molar refractivity (Wildman–Crippen MR) is 148 cm³/mol. The number of carbonyl (C=O) groups excluding carboxylic acids is 3. The lowest BCUT2D eigenvalue weighted by Gasteiger charge is -2.29. The summed E-state index contributed by atoms with van der Waals surface area (Å²) < 4.78 is 6.77. The van der Waals surface area contributed by atoms with Gasteiger partial charge in [0.05, 0.1) is 18.4 Å². The summed E-state index contributed by atoms with van der Waals surface area (Å²) in [5, 5.41) is 2.71. The van der Waals surface area contributed by atoms with E-state index < -0.39 is 17.8 Å². The van der Waals surface area contributed by atoms with Crippen molar-refractivity contribution in [2.24, 2.45) is 0 Å². The van der Waals surface area contributed by atoms with Crippen molar-refractivity contribution in [1.29, 1.82) is 0 Å². The van der Waals surface area contributed by atoms with Crippen molar-refractivity contribution < 1.29 is 19.1 Å². The Morgan fingerprint density at radius 1 is 1.03 bits per heavy atom. The number of anilines is 1. The third-order valence-corrected chi connectivity index (χ3v) is 6.72. The molecule has 4 rings (SSSR count). The molecule has 1 aliphatic rings. The molecule has 0 radical (unpaired) electrons. The van der Waals surface area contributed by atoms with E-state index in [0.717, 1.165) is 41.9 Å². The van der Waals surface area contributed by atoms with E-state index in [1.165, 1.54) is 17.6 Å². The van der Waals surface area contributed by atoms with E-state index >= 15 is 0 Å². The second kappa shape index (κ2) is 10.9. The monoisotopic (exact) mass is 515 g/mol. The van der Waals surface area contributed by atoms with Crippen molar-refractivity contribution in [3.63, 3.8) is 0 Å². The van der Waals surface area contributed by atoms with E-state index in [1.54, 1.807) is 18.2 Å². The molecular formula is C29H29N3O4S. The molecule has 0 spiro atoms. The third kappa shape index (κ3) is 5.24. The minimum absolute atomic E-state index is 0.00458. The number of unbranched alkanes of at least 4 members (excludes halogenated alkanes) is 1. The molecule has 0 unspecified atom stereocenters. The smallest absolute Gasteiger partial charge is 0.337 e. The molecule has 2 amide bonds. The van der Waals surface area contributed by atoms with Gasteiger partial charge in [0.25, 0.3) is 11.8 Å². The number of aryl methyl sites for hydroxylation is 2. The lowest BCUT2D eigenvalue weighted by atomic mass is 10.1. The van der Waals surface area contributed by atoms with E-state index in [9.17, 15) is 14.4 Å². The number of hydrogen-bond acceptors (Lipinski definition) is 5. The number of esters is 1. The largest absolute Gasteiger partial charge is 0.465 e. The Morgan fingerprint density at radius 2 is 1.68 bits per heavy atom. The summed E-state index contributed by atoms with van der Waals surface area (Å²) in [4.78, 5) is 39.4. The van der Waals surface area contributed by atoms with Gasteiger partial charge in [-0.3, -0.25) is 19.8 Å². The number of amides is 2. The predicted octanol–water partition coefficient (Wildman–Crippen LogP) is 5.05. The van der Waals surface area contributed by atoms with Crippen molar-refractivity contribution >= 4 is 46.9 Å². The summed E-state index contributed by atoms with van der Waals surface area (Å²) in [5.41, 5.74) is 5.59. The van der Waals surface area contributed by atoms with E-state index in [2.05, 4.69) is 12.2 Å². The van der Waals surface area contributed by atoms with Crippen molar-refractivity contribution in [2.75, 3.05) is 12.0 Å². The molecule has 0 saturated carbocycles. The summed E-state index contributed by atoms with van der Waals surface area (Å²) in [6.07, 6.45) is 4.77. The molecule has 0 aliphatic carbocycles. The number of carbonyl (C=O) groups is 3. The maximum absolute atomic E-state index is 13.5. The molecule has 2 aromatic carbocycles. The molecule has 2 heterocycles. The van der Waals surface area contributed by atoms with Gasteiger partial charge in [0.15, 0.2) is 5.11 Å². The average Bonchev–Trinajstić information content (AvgIpc) is 3.17. The average molecular weight is 516 g/mol. The second-order valence-corrected chi connectivity index (χ2v) is 9.31. The van der Waals surface area contributed by atoms with Gasteiger partial charge in [-0.25, -0.2) is 4.79 Å². The zero-order valence-electron chi connectivity index (χ0n) is 21.3. The Bertz CT molecular complexity index is 1400. The highest BCUT2D eigenvalue weighted by Gasteiger charge is 2.34. The molecule has 37 heavy (non-hydrogen) atoms. The van der Waals surface area contributed by atoms with Crippen LogP contribution in [0.15, 0.2) is 60.2 Å². The first-order valence-corrected chi connectivity index (χ1v) is 12.5. The Hall–Kier alpha value is -4.04. The topological polar surface area (TPSA) is 80.6 Å². The Kier molecular flexibility index (Phi) is 7.69. The van der Waals surface area contributed by atoms with Crippen LogP contribution in [0.4, 0.5) is 5.69 Å². The molecule has 1 aliphatic heterocycles. The Morgan fingerprint density at radius 3 is 2.30 bits per heavy atom. The van der Waals surface area contributed by atoms with Crippen LogP contribution in [0.25, 0.3) is 11.8 Å². The van der Waals surface area contributed by atoms with Crippen LogP contribution in [0.3, 0.4) is 0 Å². The maximum atomic E-state index is 13.5. The maximum Gasteiger partial charge on any atom is 0.337 e. The van der Waals surface area contributed by atoms with Gasteiger partial charge in [-0.05, 0) is 98.6 Å². The Labute approximate surface area is 221 Å². The molecule has 1 saturated heterocycles. The first kappa shape index (κ1) is 26.0. The number of nitrogens with one attached hydrogen (secondary N) is 1. The fourth-order valence-electron chi connectivity index (χ4n) is 4.44. The number of ether oxygens (including phenoxy) is 1. The lowest BCUT2D eigenvalue weighted by molar-refractivity contribution is -0.122. The molecule has 8 heteroatoms. The summed E-state index contributed by atoms with van der Waals surface area (Å²) >= 11 is 5.34. The molecule has 1 aromatic heterocycles. The van der Waals surface area contributed by atoms with Crippen LogP contribution in [-0.2, 0) is 20.7 Å². The van der Waals surface area contributed by atoms with Gasteiger partial charge in [-0.2, -0.15) is 0 Å². The van der Waals surface area contributed by atoms with E-state index in [0.29, 0.717) is 11.3 Å². The highest BCUT2D eigenvalue weighted by molar-refractivity contribution is 7.80. The normalized spacial score (nSPS) is 14.8. The first-order chi connectivity index (χ1) is 17.7. The minimum atomic E-state index is -0.530. The Balaban J connectivity index is 1.66. The van der Waals surface area contributed by atoms with Gasteiger partial charge >= 0.3 is 5.97 Å². The SMILES string of the molecule is CCCCc1ccc(N2C(=O)/C(=C/c3cc(C)n(-c4ccc(C(=O)OC)cc4)c3C)C(=O)NC2=S)cc1. The van der Waals surface area contributed by atoms with E-state index in [-0.39, 0.29) is 10.7 Å². The quantitative estimate of drug-likeness (QED) is 0.206. The van der Waals surface area contributed by atoms with Crippen molar-refractivity contribution in [3.05, 3.63) is 88.2 Å². The number of aromatic nitrogens is 1. The molecular weight excluding hydrogens is 486 g/mol. The molecule has 190 valence electrons. The highest BCUT2D eigenvalue weighted by atomic mass is 32.1. The molecule has 1 N–H and O–H groups in total. The van der Waals surface area contributed by atoms with Crippen molar-refractivity contribution in [2.45, 2.75) is 40.0 Å². The van der Waals surface area contributed by atoms with Crippen LogP contribution in [0.5, 0.6) is 0 Å². The standard InChI is InChI=1S/C29H29N3O4S/c1-5-6-7-20-8-12-24(13-9-20)32-27(34)25(26(33)30-29(32)37)17-22-16-18(2)31(19(22)3)23-14-10-21(11-15-23)28(35)36-4/h8-17H,5-7H2,1-4H3,(H,30,33,37)/b25-17+. The lowest BCUT2D eigenvalue weighted by Crippen LogP contribution is -2.54. The van der Waals surface area contributed by atoms with Gasteiger partial charge < -0.3 is 9.30 Å². The zero-order chi connectivity index (χ0) is 26.7. The summed E-state index contributed by atoms with van der Waals surface area (Å²) in [7, 11) is 1.34. The number of hydrogen-bond donors (Lipinski definition) is 1. The fourth-order valence-corrected chi connectivity index (χ4v) is 4.72. The molecule has 0 atom stereocenters. The van der Waals surface area contributed by atoms with Gasteiger partial charge in [-0.15, -0.1) is 0 Å². The summed E-state index contributed by atoms with van der Waals surface area (Å²) in [6, 6.07) is 16.6. The van der Waals surface area contributed by atoms with Crippen molar-refractivity contribution in [3.8, 4) is 5.69 Å². The van der Waals surface area contributed by atoms with Gasteiger partial charge in [0.2, 0.25) is 0 Å². The highest BCUT2D eigenvalue weighted by Crippen LogP contribution is 2.27. The number of nitrogens with zero attached hydrogens (tertiary/aromatic N) is 2. The zero-order valence-corrected chi connectivity index (χ0v) is 22.1. The van der Waals surface area contributed by atoms with E-state index in [1.807, 2.05) is 60.9 Å². The summed E-state index contributed by atoms with van der Waals surface area (Å²) in [5.74, 6) is -1.40. The van der Waals surface area contributed by atoms with Crippen LogP contribution in [0.2, 0.25) is 0 Å². The molecule has 0 bridgehead atoms. The molecule has 3 aromatic rings. The van der Waals surface area contributed by atoms with Crippen LogP contribution in [-0.4, -0.2) is 34.6 Å². The second-order valence-electron chi connectivity index (χ2n) is 8.93. The van der Waals surface area contributed by atoms with E-state index in [4.69, 9.17) is 17.0 Å². The van der Waals surface area contributed by atoms with Crippen molar-refractivity contribution in [1.82, 2.24) is 9.88 Å². The minimum Gasteiger partial charge on any atom is -0.465 e. The number of methoxy groups -OCH3 is 1. The van der Waals surface area contributed by atoms with Crippen LogP contribution in [0, 0.1) is 13.8 Å². The first-order valence-electron chi connectivity index (χ1n) is 12.1. The summed E-state index contributed by atoms with van der Waals surface area (Å²) in [6.45, 7) is 6.00. The molecule has 1 fully saturated rings. The third-order valence-electron chi connectivity index (χ3n) is 6.43. The number of benzene rings is 2. The van der Waals surface area contributed by atoms with Gasteiger partial charge in [0, 0.05) is 17.1 Å². The van der Waals surface area contributed by atoms with Crippen LogP contribution in [0.1, 0.15) is 52.6 Å². The fraction of sp³-hybridized carbons (Fsp3) is 0.241. The van der Waals surface area contributed by atoms with Gasteiger partial charge in [-0.1, -0.05) is 25.5 Å². The number of thiocarbonyl (C=S) groups is 1. The van der Waals surface area contributed by atoms with Gasteiger partial charge in [0.1, 0.15) is 5.57 Å². The number of rotatable bonds is 7. The van der Waals surface area contributed by atoms with Crippen LogP contribution < -0.4 is 10.2 Å². The van der Waals surface area contributed by atoms with Crippen LogP contribution >= 0.6 is 12.2 Å². The molecule has 7 nitrogen and oxygen atoms in total.